The minimum Gasteiger partial charge on any atom is -0.497 e. The topological polar surface area (TPSA) is 138 Å². The molecule has 0 spiro atoms. The summed E-state index contributed by atoms with van der Waals surface area (Å²) >= 11 is 0. The normalized spacial score (nSPS) is 9.71. The van der Waals surface area contributed by atoms with Gasteiger partial charge in [0.1, 0.15) is 5.75 Å². The molecule has 11 heteroatoms. The first-order chi connectivity index (χ1) is 16.8. The first-order valence-electron chi connectivity index (χ1n) is 10.6. The van der Waals surface area contributed by atoms with Gasteiger partial charge in [0, 0.05) is 24.0 Å². The standard InChI is InChI=1S/C16H15N3O4.C8H10O4/c1-3-23-16(21)13-9-15(20)19-14(17-13)8-12(18-19)10-4-6-11(22-2)7-5-10;1-3-11-7(9)5-6-8(10)12-4-2/h4-9,18H,3H2,1-2H3;3-4H2,1-2H3. The molecule has 0 saturated heterocycles. The highest BCUT2D eigenvalue weighted by molar-refractivity contribution is 5.98. The number of aromatic amines is 1. The van der Waals surface area contributed by atoms with Crippen LogP contribution in [-0.2, 0) is 23.8 Å². The van der Waals surface area contributed by atoms with Crippen molar-refractivity contribution >= 4 is 23.6 Å². The molecule has 2 aromatic heterocycles. The Morgan fingerprint density at radius 2 is 1.49 bits per heavy atom. The number of methoxy groups -OCH3 is 1. The first-order valence-corrected chi connectivity index (χ1v) is 10.6. The number of fused-ring (bicyclic) bond motifs is 1. The average molecular weight is 483 g/mol. The maximum atomic E-state index is 12.1. The number of ether oxygens (including phenoxy) is 4. The zero-order valence-electron chi connectivity index (χ0n) is 19.7. The molecule has 0 aliphatic carbocycles. The van der Waals surface area contributed by atoms with Crippen LogP contribution in [0.1, 0.15) is 31.3 Å². The molecule has 1 aromatic carbocycles. The molecule has 0 aliphatic heterocycles. The molecule has 0 bridgehead atoms. The van der Waals surface area contributed by atoms with Gasteiger partial charge in [0.2, 0.25) is 0 Å². The van der Waals surface area contributed by atoms with Crippen molar-refractivity contribution in [1.29, 1.82) is 0 Å². The van der Waals surface area contributed by atoms with Crippen molar-refractivity contribution in [2.24, 2.45) is 0 Å². The number of benzene rings is 1. The van der Waals surface area contributed by atoms with Crippen LogP contribution in [0.5, 0.6) is 5.75 Å². The highest BCUT2D eigenvalue weighted by atomic mass is 16.5. The SMILES string of the molecule is CCOC(=O)C#CC(=O)OCC.CCOC(=O)c1cc(=O)n2[nH]c(-c3ccc(OC)cc3)cc2n1. The second-order valence-electron chi connectivity index (χ2n) is 6.48. The van der Waals surface area contributed by atoms with Gasteiger partial charge < -0.3 is 18.9 Å². The summed E-state index contributed by atoms with van der Waals surface area (Å²) in [4.78, 5) is 49.1. The fourth-order valence-corrected chi connectivity index (χ4v) is 2.66. The third-order valence-electron chi connectivity index (χ3n) is 4.15. The van der Waals surface area contributed by atoms with Crippen LogP contribution in [0, 0.1) is 11.8 Å². The van der Waals surface area contributed by atoms with Gasteiger partial charge in [0.25, 0.3) is 5.56 Å². The summed E-state index contributed by atoms with van der Waals surface area (Å²) in [5.74, 6) is 2.66. The van der Waals surface area contributed by atoms with Gasteiger partial charge >= 0.3 is 17.9 Å². The Hall–Kier alpha value is -4.59. The van der Waals surface area contributed by atoms with Crippen LogP contribution in [0.4, 0.5) is 0 Å². The number of rotatable bonds is 6. The van der Waals surface area contributed by atoms with E-state index in [2.05, 4.69) is 19.6 Å². The number of esters is 3. The highest BCUT2D eigenvalue weighted by Crippen LogP contribution is 2.21. The molecule has 11 nitrogen and oxygen atoms in total. The number of aromatic nitrogens is 3. The monoisotopic (exact) mass is 483 g/mol. The van der Waals surface area contributed by atoms with Crippen LogP contribution in [0.2, 0.25) is 0 Å². The number of nitrogens with one attached hydrogen (secondary N) is 1. The Balaban J connectivity index is 0.000000307. The van der Waals surface area contributed by atoms with Gasteiger partial charge in [-0.3, -0.25) is 9.89 Å². The number of hydrogen-bond acceptors (Lipinski definition) is 9. The van der Waals surface area contributed by atoms with Gasteiger partial charge in [-0.15, -0.1) is 0 Å². The minimum atomic E-state index is -0.717. The van der Waals surface area contributed by atoms with Crippen LogP contribution >= 0.6 is 0 Å². The molecular weight excluding hydrogens is 458 g/mol. The van der Waals surface area contributed by atoms with E-state index >= 15 is 0 Å². The Morgan fingerprint density at radius 3 is 2.00 bits per heavy atom. The summed E-state index contributed by atoms with van der Waals surface area (Å²) in [5, 5.41) is 2.96. The third kappa shape index (κ3) is 7.75. The molecule has 0 radical (unpaired) electrons. The molecule has 0 atom stereocenters. The molecule has 1 N–H and O–H groups in total. The lowest BCUT2D eigenvalue weighted by molar-refractivity contribution is -0.138. The lowest BCUT2D eigenvalue weighted by atomic mass is 10.1. The van der Waals surface area contributed by atoms with E-state index in [0.717, 1.165) is 17.4 Å². The van der Waals surface area contributed by atoms with Gasteiger partial charge in [-0.1, -0.05) is 0 Å². The van der Waals surface area contributed by atoms with E-state index in [9.17, 15) is 19.2 Å². The number of carbonyl (C=O) groups is 3. The quantitative estimate of drug-likeness (QED) is 0.241. The van der Waals surface area contributed by atoms with Crippen molar-refractivity contribution in [3.05, 3.63) is 52.4 Å². The van der Waals surface area contributed by atoms with Gasteiger partial charge in [0.15, 0.2) is 11.3 Å². The van der Waals surface area contributed by atoms with Gasteiger partial charge in [-0.25, -0.2) is 23.9 Å². The second kappa shape index (κ2) is 13.2. The molecule has 0 fully saturated rings. The Kier molecular flexibility index (Phi) is 10.1. The second-order valence-corrected chi connectivity index (χ2v) is 6.48. The molecule has 0 saturated carbocycles. The smallest absolute Gasteiger partial charge is 0.384 e. The van der Waals surface area contributed by atoms with Crippen LogP contribution in [0.25, 0.3) is 16.9 Å². The number of H-pyrrole nitrogens is 1. The van der Waals surface area contributed by atoms with Crippen molar-refractivity contribution in [3.63, 3.8) is 0 Å². The zero-order valence-corrected chi connectivity index (χ0v) is 19.7. The molecule has 2 heterocycles. The Bertz CT molecular complexity index is 1270. The Morgan fingerprint density at radius 1 is 0.914 bits per heavy atom. The molecule has 0 aliphatic rings. The summed E-state index contributed by atoms with van der Waals surface area (Å²) in [5.41, 5.74) is 1.55. The van der Waals surface area contributed by atoms with Gasteiger partial charge in [-0.2, -0.15) is 0 Å². The van der Waals surface area contributed by atoms with E-state index in [1.54, 1.807) is 33.9 Å². The summed E-state index contributed by atoms with van der Waals surface area (Å²) < 4.78 is 20.2. The molecule has 0 unspecified atom stereocenters. The Labute approximate surface area is 200 Å². The van der Waals surface area contributed by atoms with Crippen LogP contribution in [0.15, 0.2) is 41.2 Å². The highest BCUT2D eigenvalue weighted by Gasteiger charge is 2.13. The third-order valence-corrected chi connectivity index (χ3v) is 4.15. The fraction of sp³-hybridized carbons (Fsp3) is 0.292. The van der Waals surface area contributed by atoms with E-state index in [1.165, 1.54) is 4.52 Å². The van der Waals surface area contributed by atoms with Crippen LogP contribution < -0.4 is 10.3 Å². The summed E-state index contributed by atoms with van der Waals surface area (Å²) in [6.45, 7) is 5.73. The number of carbonyl (C=O) groups excluding carboxylic acids is 3. The van der Waals surface area contributed by atoms with E-state index in [4.69, 9.17) is 9.47 Å². The maximum absolute atomic E-state index is 12.1. The van der Waals surface area contributed by atoms with Crippen LogP contribution in [-0.4, -0.2) is 59.4 Å². The largest absolute Gasteiger partial charge is 0.497 e. The lowest BCUT2D eigenvalue weighted by Gasteiger charge is -2.01. The number of nitrogens with zero attached hydrogens (tertiary/aromatic N) is 2. The first kappa shape index (κ1) is 26.7. The van der Waals surface area contributed by atoms with Crippen molar-refractivity contribution in [2.45, 2.75) is 20.8 Å². The van der Waals surface area contributed by atoms with Crippen LogP contribution in [0.3, 0.4) is 0 Å². The predicted molar refractivity (Wildman–Crippen MR) is 125 cm³/mol. The van der Waals surface area contributed by atoms with Gasteiger partial charge in [-0.05, 0) is 50.6 Å². The van der Waals surface area contributed by atoms with Crippen molar-refractivity contribution in [1.82, 2.24) is 14.6 Å². The lowest BCUT2D eigenvalue weighted by Crippen LogP contribution is -2.18. The summed E-state index contributed by atoms with van der Waals surface area (Å²) in [7, 11) is 1.60. The average Bonchev–Trinajstić information content (AvgIpc) is 3.29. The molecule has 0 amide bonds. The molecule has 3 aromatic rings. The fourth-order valence-electron chi connectivity index (χ4n) is 2.66. The number of hydrogen-bond donors (Lipinski definition) is 1. The van der Waals surface area contributed by atoms with E-state index in [-0.39, 0.29) is 31.1 Å². The van der Waals surface area contributed by atoms with E-state index in [1.807, 2.05) is 36.1 Å². The predicted octanol–water partition coefficient (Wildman–Crippen LogP) is 1.99. The molecule has 3 rings (SSSR count). The summed E-state index contributed by atoms with van der Waals surface area (Å²) in [6.07, 6.45) is 0. The van der Waals surface area contributed by atoms with E-state index in [0.29, 0.717) is 11.3 Å². The maximum Gasteiger partial charge on any atom is 0.384 e. The zero-order chi connectivity index (χ0) is 25.8. The molecular formula is C24H25N3O8. The minimum absolute atomic E-state index is 0.00266. The van der Waals surface area contributed by atoms with Crippen molar-refractivity contribution in [2.75, 3.05) is 26.9 Å². The molecule has 35 heavy (non-hydrogen) atoms. The van der Waals surface area contributed by atoms with Crippen molar-refractivity contribution < 1.29 is 33.3 Å². The van der Waals surface area contributed by atoms with Gasteiger partial charge in [0.05, 0.1) is 32.6 Å². The van der Waals surface area contributed by atoms with Crippen molar-refractivity contribution in [3.8, 4) is 28.8 Å². The summed E-state index contributed by atoms with van der Waals surface area (Å²) in [6, 6.07) is 10.2. The van der Waals surface area contributed by atoms with E-state index < -0.39 is 17.9 Å². The molecule has 184 valence electrons.